The van der Waals surface area contributed by atoms with E-state index >= 15 is 0 Å². The molecule has 1 aromatic rings. The van der Waals surface area contributed by atoms with Crippen molar-refractivity contribution in [1.29, 1.82) is 5.26 Å². The van der Waals surface area contributed by atoms with Crippen LogP contribution in [-0.4, -0.2) is 26.1 Å². The Balaban J connectivity index is 2.95. The number of rotatable bonds is 4. The summed E-state index contributed by atoms with van der Waals surface area (Å²) in [7, 11) is 5.68. The van der Waals surface area contributed by atoms with Crippen molar-refractivity contribution < 1.29 is 4.74 Å². The Hall–Kier alpha value is -1.53. The molecule has 0 atom stereocenters. The standard InChI is InChI=1S/C12H16N2O/c1-14(2)9-11-6-10(4-5-13)7-12(8-11)15-3/h6-8H,4,9H2,1-3H3. The molecule has 0 unspecified atom stereocenters. The lowest BCUT2D eigenvalue weighted by Crippen LogP contribution is -2.10. The monoisotopic (exact) mass is 204 g/mol. The van der Waals surface area contributed by atoms with Crippen molar-refractivity contribution in [3.8, 4) is 11.8 Å². The van der Waals surface area contributed by atoms with Gasteiger partial charge in [0.1, 0.15) is 5.75 Å². The van der Waals surface area contributed by atoms with Crippen LogP contribution in [-0.2, 0) is 13.0 Å². The molecule has 0 aliphatic carbocycles. The molecule has 0 radical (unpaired) electrons. The predicted molar refractivity (Wildman–Crippen MR) is 59.7 cm³/mol. The zero-order chi connectivity index (χ0) is 11.3. The van der Waals surface area contributed by atoms with Crippen LogP contribution in [0.2, 0.25) is 0 Å². The Morgan fingerprint density at radius 3 is 2.47 bits per heavy atom. The van der Waals surface area contributed by atoms with Gasteiger partial charge in [-0.2, -0.15) is 5.26 Å². The molecule has 0 fully saturated rings. The number of ether oxygens (including phenoxy) is 1. The molecule has 0 aromatic heterocycles. The Morgan fingerprint density at radius 2 is 1.93 bits per heavy atom. The normalized spacial score (nSPS) is 10.1. The van der Waals surface area contributed by atoms with Gasteiger partial charge in [-0.25, -0.2) is 0 Å². The fraction of sp³-hybridized carbons (Fsp3) is 0.417. The van der Waals surface area contributed by atoms with E-state index in [1.54, 1.807) is 7.11 Å². The first-order valence-electron chi connectivity index (χ1n) is 4.84. The van der Waals surface area contributed by atoms with Gasteiger partial charge >= 0.3 is 0 Å². The summed E-state index contributed by atoms with van der Waals surface area (Å²) in [5, 5.41) is 8.65. The Labute approximate surface area is 90.9 Å². The van der Waals surface area contributed by atoms with Crippen molar-refractivity contribution in [2.75, 3.05) is 21.2 Å². The van der Waals surface area contributed by atoms with E-state index in [1.807, 2.05) is 32.3 Å². The van der Waals surface area contributed by atoms with Crippen molar-refractivity contribution in [2.24, 2.45) is 0 Å². The first-order valence-corrected chi connectivity index (χ1v) is 4.84. The van der Waals surface area contributed by atoms with Crippen LogP contribution in [0.4, 0.5) is 0 Å². The van der Waals surface area contributed by atoms with Crippen LogP contribution in [0, 0.1) is 11.3 Å². The summed E-state index contributed by atoms with van der Waals surface area (Å²) in [6, 6.07) is 8.10. The first-order chi connectivity index (χ1) is 7.15. The summed E-state index contributed by atoms with van der Waals surface area (Å²) in [4.78, 5) is 2.09. The Bertz CT molecular complexity index is 366. The summed E-state index contributed by atoms with van der Waals surface area (Å²) in [5.74, 6) is 0.819. The second-order valence-corrected chi connectivity index (χ2v) is 3.76. The van der Waals surface area contributed by atoms with Crippen molar-refractivity contribution in [3.63, 3.8) is 0 Å². The topological polar surface area (TPSA) is 36.3 Å². The second kappa shape index (κ2) is 5.38. The third-order valence-electron chi connectivity index (χ3n) is 2.04. The molecule has 1 aromatic carbocycles. The van der Waals surface area contributed by atoms with E-state index in [9.17, 15) is 0 Å². The average Bonchev–Trinajstić information content (AvgIpc) is 2.16. The zero-order valence-corrected chi connectivity index (χ0v) is 9.45. The molecule has 0 amide bonds. The van der Waals surface area contributed by atoms with Gasteiger partial charge in [0.2, 0.25) is 0 Å². The molecule has 3 heteroatoms. The van der Waals surface area contributed by atoms with E-state index in [1.165, 1.54) is 5.56 Å². The van der Waals surface area contributed by atoms with Crippen molar-refractivity contribution in [3.05, 3.63) is 29.3 Å². The zero-order valence-electron chi connectivity index (χ0n) is 9.45. The molecule has 0 heterocycles. The van der Waals surface area contributed by atoms with Gasteiger partial charge in [0.05, 0.1) is 19.6 Å². The van der Waals surface area contributed by atoms with Gasteiger partial charge in [-0.05, 0) is 37.4 Å². The van der Waals surface area contributed by atoms with E-state index < -0.39 is 0 Å². The molecule has 1 rings (SSSR count). The largest absolute Gasteiger partial charge is 0.497 e. The van der Waals surface area contributed by atoms with Crippen LogP contribution in [0.15, 0.2) is 18.2 Å². The molecular weight excluding hydrogens is 188 g/mol. The third kappa shape index (κ3) is 3.61. The molecule has 0 saturated heterocycles. The molecule has 0 bridgehead atoms. The van der Waals surface area contributed by atoms with Gasteiger partial charge in [0.25, 0.3) is 0 Å². The highest BCUT2D eigenvalue weighted by Gasteiger charge is 2.02. The molecule has 80 valence electrons. The van der Waals surface area contributed by atoms with Gasteiger partial charge in [0.15, 0.2) is 0 Å². The SMILES string of the molecule is COc1cc(CC#N)cc(CN(C)C)c1. The highest BCUT2D eigenvalue weighted by molar-refractivity contribution is 5.35. The molecular formula is C12H16N2O. The van der Waals surface area contributed by atoms with Gasteiger partial charge in [-0.3, -0.25) is 0 Å². The van der Waals surface area contributed by atoms with Gasteiger partial charge < -0.3 is 9.64 Å². The summed E-state index contributed by atoms with van der Waals surface area (Å²) >= 11 is 0. The lowest BCUT2D eigenvalue weighted by atomic mass is 10.1. The minimum Gasteiger partial charge on any atom is -0.497 e. The summed E-state index contributed by atoms with van der Waals surface area (Å²) in [6.07, 6.45) is 0.428. The van der Waals surface area contributed by atoms with Gasteiger partial charge in [-0.1, -0.05) is 6.07 Å². The van der Waals surface area contributed by atoms with Crippen LogP contribution >= 0.6 is 0 Å². The fourth-order valence-corrected chi connectivity index (χ4v) is 1.50. The van der Waals surface area contributed by atoms with Crippen LogP contribution < -0.4 is 4.74 Å². The molecule has 15 heavy (non-hydrogen) atoms. The minimum absolute atomic E-state index is 0.428. The third-order valence-corrected chi connectivity index (χ3v) is 2.04. The lowest BCUT2D eigenvalue weighted by Gasteiger charge is -2.12. The maximum absolute atomic E-state index is 8.65. The average molecular weight is 204 g/mol. The molecule has 0 saturated carbocycles. The van der Waals surface area contributed by atoms with E-state index in [-0.39, 0.29) is 0 Å². The smallest absolute Gasteiger partial charge is 0.119 e. The summed E-state index contributed by atoms with van der Waals surface area (Å²) in [5.41, 5.74) is 2.18. The van der Waals surface area contributed by atoms with Crippen LogP contribution in [0.1, 0.15) is 11.1 Å². The Kier molecular flexibility index (Phi) is 4.14. The van der Waals surface area contributed by atoms with Crippen LogP contribution in [0.25, 0.3) is 0 Å². The Morgan fingerprint density at radius 1 is 1.27 bits per heavy atom. The van der Waals surface area contributed by atoms with Crippen LogP contribution in [0.5, 0.6) is 5.75 Å². The fourth-order valence-electron chi connectivity index (χ4n) is 1.50. The number of benzene rings is 1. The number of hydrogen-bond acceptors (Lipinski definition) is 3. The van der Waals surface area contributed by atoms with Crippen molar-refractivity contribution in [2.45, 2.75) is 13.0 Å². The van der Waals surface area contributed by atoms with Crippen LogP contribution in [0.3, 0.4) is 0 Å². The minimum atomic E-state index is 0.428. The van der Waals surface area contributed by atoms with E-state index in [0.29, 0.717) is 6.42 Å². The molecule has 0 spiro atoms. The number of nitrogens with zero attached hydrogens (tertiary/aromatic N) is 2. The maximum atomic E-state index is 8.65. The van der Waals surface area contributed by atoms with E-state index in [2.05, 4.69) is 11.0 Å². The molecule has 3 nitrogen and oxygen atoms in total. The number of methoxy groups -OCH3 is 1. The second-order valence-electron chi connectivity index (χ2n) is 3.76. The first kappa shape index (κ1) is 11.5. The predicted octanol–water partition coefficient (Wildman–Crippen LogP) is 1.82. The maximum Gasteiger partial charge on any atom is 0.119 e. The van der Waals surface area contributed by atoms with Crippen molar-refractivity contribution >= 4 is 0 Å². The molecule has 0 aliphatic heterocycles. The number of hydrogen-bond donors (Lipinski definition) is 0. The summed E-state index contributed by atoms with van der Waals surface area (Å²) < 4.78 is 5.20. The van der Waals surface area contributed by atoms with E-state index in [0.717, 1.165) is 17.9 Å². The summed E-state index contributed by atoms with van der Waals surface area (Å²) in [6.45, 7) is 0.857. The number of nitriles is 1. The lowest BCUT2D eigenvalue weighted by molar-refractivity contribution is 0.395. The highest BCUT2D eigenvalue weighted by Crippen LogP contribution is 2.18. The van der Waals surface area contributed by atoms with Gasteiger partial charge in [0, 0.05) is 6.54 Å². The molecule has 0 N–H and O–H groups in total. The van der Waals surface area contributed by atoms with Gasteiger partial charge in [-0.15, -0.1) is 0 Å². The van der Waals surface area contributed by atoms with Crippen molar-refractivity contribution in [1.82, 2.24) is 4.90 Å². The molecule has 0 aliphatic rings. The quantitative estimate of drug-likeness (QED) is 0.750. The van der Waals surface area contributed by atoms with E-state index in [4.69, 9.17) is 10.00 Å². The highest BCUT2D eigenvalue weighted by atomic mass is 16.5.